The Kier molecular flexibility index (Phi) is 4.25. The maximum Gasteiger partial charge on any atom is 0.226 e. The second-order valence-corrected chi connectivity index (χ2v) is 5.37. The number of aliphatic hydroxyl groups excluding tert-OH is 1. The number of hydrogen-bond donors (Lipinski definition) is 2. The van der Waals surface area contributed by atoms with Gasteiger partial charge in [-0.2, -0.15) is 0 Å². The second-order valence-electron chi connectivity index (χ2n) is 5.37. The number of ether oxygens (including phenoxy) is 2. The molecule has 1 aliphatic heterocycles. The summed E-state index contributed by atoms with van der Waals surface area (Å²) in [7, 11) is 1.62. The van der Waals surface area contributed by atoms with Gasteiger partial charge in [0.25, 0.3) is 0 Å². The van der Waals surface area contributed by atoms with Gasteiger partial charge in [0.2, 0.25) is 5.91 Å². The van der Waals surface area contributed by atoms with E-state index in [9.17, 15) is 9.90 Å². The molecule has 0 aromatic rings. The highest BCUT2D eigenvalue weighted by Crippen LogP contribution is 2.70. The minimum Gasteiger partial charge on any atom is -0.396 e. The molecular weight excluding hydrogens is 234 g/mol. The Balaban J connectivity index is 1.98. The largest absolute Gasteiger partial charge is 0.396 e. The van der Waals surface area contributed by atoms with Crippen LogP contribution in [0, 0.1) is 10.8 Å². The van der Waals surface area contributed by atoms with Gasteiger partial charge in [-0.15, -0.1) is 0 Å². The van der Waals surface area contributed by atoms with Crippen molar-refractivity contribution >= 4 is 5.91 Å². The van der Waals surface area contributed by atoms with Crippen LogP contribution < -0.4 is 5.32 Å². The van der Waals surface area contributed by atoms with Crippen LogP contribution >= 0.6 is 0 Å². The first-order valence-corrected chi connectivity index (χ1v) is 6.67. The maximum absolute atomic E-state index is 12.3. The van der Waals surface area contributed by atoms with Crippen LogP contribution in [0.2, 0.25) is 0 Å². The van der Waals surface area contributed by atoms with Crippen molar-refractivity contribution in [1.82, 2.24) is 5.32 Å². The van der Waals surface area contributed by atoms with Gasteiger partial charge in [-0.25, -0.2) is 0 Å². The first-order chi connectivity index (χ1) is 8.71. The highest BCUT2D eigenvalue weighted by atomic mass is 16.5. The number of rotatable bonds is 6. The normalized spacial score (nSPS) is 29.2. The van der Waals surface area contributed by atoms with E-state index in [0.717, 1.165) is 32.5 Å². The highest BCUT2D eigenvalue weighted by Gasteiger charge is 2.70. The third kappa shape index (κ3) is 2.27. The predicted octanol–water partition coefficient (Wildman–Crippen LogP) is 0.318. The molecule has 0 radical (unpaired) electrons. The second kappa shape index (κ2) is 5.55. The summed E-state index contributed by atoms with van der Waals surface area (Å²) in [5.74, 6) is 0.0792. The number of hydrogen-bond acceptors (Lipinski definition) is 4. The van der Waals surface area contributed by atoms with Gasteiger partial charge in [0.05, 0.1) is 12.0 Å². The Morgan fingerprint density at radius 1 is 1.44 bits per heavy atom. The molecule has 1 atom stereocenters. The molecule has 18 heavy (non-hydrogen) atoms. The van der Waals surface area contributed by atoms with Crippen LogP contribution in [0.3, 0.4) is 0 Å². The molecule has 1 heterocycles. The van der Waals surface area contributed by atoms with Crippen LogP contribution in [0.4, 0.5) is 0 Å². The van der Waals surface area contributed by atoms with E-state index < -0.39 is 0 Å². The van der Waals surface area contributed by atoms with E-state index in [1.807, 2.05) is 0 Å². The SMILES string of the molecule is COCCNC(=O)C1(CCO)CC12CCOCC2. The van der Waals surface area contributed by atoms with Gasteiger partial charge >= 0.3 is 0 Å². The molecule has 1 saturated carbocycles. The molecule has 2 N–H and O–H groups in total. The zero-order valence-corrected chi connectivity index (χ0v) is 11.0. The molecule has 0 bridgehead atoms. The number of aliphatic hydroxyl groups is 1. The van der Waals surface area contributed by atoms with Crippen LogP contribution in [0.25, 0.3) is 0 Å². The molecule has 5 nitrogen and oxygen atoms in total. The number of nitrogens with one attached hydrogen (secondary N) is 1. The summed E-state index contributed by atoms with van der Waals surface area (Å²) in [6, 6.07) is 0. The van der Waals surface area contributed by atoms with E-state index in [1.54, 1.807) is 7.11 Å². The lowest BCUT2D eigenvalue weighted by Crippen LogP contribution is -2.39. The minimum atomic E-state index is -0.362. The molecule has 2 aliphatic rings. The van der Waals surface area contributed by atoms with Crippen LogP contribution in [-0.4, -0.2) is 51.1 Å². The van der Waals surface area contributed by atoms with Crippen molar-refractivity contribution in [1.29, 1.82) is 0 Å². The first-order valence-electron chi connectivity index (χ1n) is 6.67. The van der Waals surface area contributed by atoms with Gasteiger partial charge in [-0.1, -0.05) is 0 Å². The molecule has 1 amide bonds. The number of carbonyl (C=O) groups excluding carboxylic acids is 1. The van der Waals surface area contributed by atoms with Crippen LogP contribution in [0.15, 0.2) is 0 Å². The minimum absolute atomic E-state index is 0.0697. The Bertz CT molecular complexity index is 301. The number of amides is 1. The molecular formula is C13H23NO4. The Morgan fingerprint density at radius 3 is 2.78 bits per heavy atom. The maximum atomic E-state index is 12.3. The smallest absolute Gasteiger partial charge is 0.226 e. The summed E-state index contributed by atoms with van der Waals surface area (Å²) < 4.78 is 10.3. The molecule has 1 aliphatic carbocycles. The number of carbonyl (C=O) groups is 1. The standard InChI is InChI=1S/C13H23NO4/c1-17-9-5-14-11(16)13(2-6-15)10-12(13)3-7-18-8-4-12/h15H,2-10H2,1H3,(H,14,16). The summed E-state index contributed by atoms with van der Waals surface area (Å²) in [5, 5.41) is 12.2. The average Bonchev–Trinajstić information content (AvgIpc) is 2.99. The van der Waals surface area contributed by atoms with Crippen molar-refractivity contribution in [3.05, 3.63) is 0 Å². The first kappa shape index (κ1) is 13.8. The third-order valence-electron chi connectivity index (χ3n) is 4.55. The van der Waals surface area contributed by atoms with Gasteiger partial charge in [0.15, 0.2) is 0 Å². The molecule has 0 aromatic carbocycles. The third-order valence-corrected chi connectivity index (χ3v) is 4.55. The summed E-state index contributed by atoms with van der Waals surface area (Å²) >= 11 is 0. The van der Waals surface area contributed by atoms with Crippen molar-refractivity contribution in [2.24, 2.45) is 10.8 Å². The van der Waals surface area contributed by atoms with E-state index in [2.05, 4.69) is 5.32 Å². The van der Waals surface area contributed by atoms with Gasteiger partial charge in [0.1, 0.15) is 0 Å². The molecule has 104 valence electrons. The van der Waals surface area contributed by atoms with Crippen molar-refractivity contribution in [3.63, 3.8) is 0 Å². The molecule has 1 saturated heterocycles. The fourth-order valence-corrected chi connectivity index (χ4v) is 3.37. The zero-order chi connectivity index (χ0) is 13.1. The van der Waals surface area contributed by atoms with E-state index >= 15 is 0 Å². The van der Waals surface area contributed by atoms with Gasteiger partial charge in [-0.05, 0) is 31.1 Å². The Morgan fingerprint density at radius 2 is 2.17 bits per heavy atom. The van der Waals surface area contributed by atoms with Crippen LogP contribution in [-0.2, 0) is 14.3 Å². The van der Waals surface area contributed by atoms with Gasteiger partial charge in [0, 0.05) is 33.5 Å². The van der Waals surface area contributed by atoms with Crippen molar-refractivity contribution in [2.75, 3.05) is 40.1 Å². The molecule has 2 fully saturated rings. The summed E-state index contributed by atoms with van der Waals surface area (Å²) in [6.45, 7) is 2.60. The van der Waals surface area contributed by atoms with Gasteiger partial charge in [-0.3, -0.25) is 4.79 Å². The fraction of sp³-hybridized carbons (Fsp3) is 0.923. The monoisotopic (exact) mass is 257 g/mol. The lowest BCUT2D eigenvalue weighted by Gasteiger charge is -2.28. The summed E-state index contributed by atoms with van der Waals surface area (Å²) in [6.07, 6.45) is 3.32. The molecule has 1 unspecified atom stereocenters. The highest BCUT2D eigenvalue weighted by molar-refractivity contribution is 5.87. The summed E-state index contributed by atoms with van der Waals surface area (Å²) in [4.78, 5) is 12.3. The van der Waals surface area contributed by atoms with Crippen LogP contribution in [0.1, 0.15) is 25.7 Å². The van der Waals surface area contributed by atoms with Crippen molar-refractivity contribution < 1.29 is 19.4 Å². The van der Waals surface area contributed by atoms with Crippen molar-refractivity contribution in [3.8, 4) is 0 Å². The van der Waals surface area contributed by atoms with E-state index in [4.69, 9.17) is 9.47 Å². The predicted molar refractivity (Wildman–Crippen MR) is 66.1 cm³/mol. The Labute approximate surface area is 108 Å². The Hall–Kier alpha value is -0.650. The van der Waals surface area contributed by atoms with E-state index in [-0.39, 0.29) is 23.3 Å². The fourth-order valence-electron chi connectivity index (χ4n) is 3.37. The number of methoxy groups -OCH3 is 1. The summed E-state index contributed by atoms with van der Waals surface area (Å²) in [5.41, 5.74) is -0.287. The van der Waals surface area contributed by atoms with Crippen LogP contribution in [0.5, 0.6) is 0 Å². The molecule has 0 aromatic heterocycles. The van der Waals surface area contributed by atoms with Gasteiger partial charge < -0.3 is 19.9 Å². The average molecular weight is 257 g/mol. The quantitative estimate of drug-likeness (QED) is 0.672. The zero-order valence-electron chi connectivity index (χ0n) is 11.0. The lowest BCUT2D eigenvalue weighted by molar-refractivity contribution is -0.129. The van der Waals surface area contributed by atoms with E-state index in [1.165, 1.54) is 0 Å². The molecule has 2 rings (SSSR count). The van der Waals surface area contributed by atoms with E-state index in [0.29, 0.717) is 19.6 Å². The topological polar surface area (TPSA) is 67.8 Å². The van der Waals surface area contributed by atoms with Crippen molar-refractivity contribution in [2.45, 2.75) is 25.7 Å². The molecule has 1 spiro atoms. The lowest BCUT2D eigenvalue weighted by atomic mass is 9.83. The molecule has 5 heteroatoms.